The molecule has 0 radical (unpaired) electrons. The van der Waals surface area contributed by atoms with Gasteiger partial charge in [-0.3, -0.25) is 22.9 Å². The molecule has 3 aliphatic heterocycles. The minimum Gasteiger partial charge on any atom is -0.394 e. The standard InChI is InChI=1S/C21H30N7O17P3.C5H12O5/c22-17-12-19(25-7-24-17)28(8-26-12)21-16(44-46(33,34)35)14(30)11(43-21)6-41-48(38,39)45-47(36,37)40-5-10-13(29)15(31)20(42-10)27-3-1-2-9(4-27)18(23)32;6-1-3(8)5(10)4(9)2-7/h1,3-4,7-8,10-11,13-16,20-21,29-31H,2,5-6H2,(H2,23,32)(H,36,37)(H,38,39)(H2,22,24,25)(H2,33,34,35);3-10H,1-2H2/t10-,11-,13-,14-,15-,16-,20-,21-;3-,4+,5?/m1./s1. The van der Waals surface area contributed by atoms with E-state index in [4.69, 9.17) is 55.5 Å². The van der Waals surface area contributed by atoms with Crippen molar-refractivity contribution in [3.63, 3.8) is 0 Å². The number of carbonyl (C=O) groups is 1. The molecule has 1 amide bonds. The van der Waals surface area contributed by atoms with E-state index in [0.717, 1.165) is 17.2 Å². The molecule has 2 aromatic rings. The van der Waals surface area contributed by atoms with Crippen LogP contribution in [0.3, 0.4) is 0 Å². The molecule has 0 bridgehead atoms. The molecule has 16 N–H and O–H groups in total. The molecule has 29 nitrogen and oxygen atoms in total. The van der Waals surface area contributed by atoms with E-state index in [2.05, 4.69) is 23.8 Å². The van der Waals surface area contributed by atoms with E-state index in [1.54, 1.807) is 0 Å². The van der Waals surface area contributed by atoms with Crippen LogP contribution in [0.15, 0.2) is 36.7 Å². The van der Waals surface area contributed by atoms with Crippen LogP contribution in [0.5, 0.6) is 0 Å². The van der Waals surface area contributed by atoms with E-state index in [1.165, 1.54) is 23.4 Å². The summed E-state index contributed by atoms with van der Waals surface area (Å²) in [6.07, 6.45) is -10.8. The highest BCUT2D eigenvalue weighted by Gasteiger charge is 2.51. The van der Waals surface area contributed by atoms with Crippen molar-refractivity contribution in [2.45, 2.75) is 73.8 Å². The summed E-state index contributed by atoms with van der Waals surface area (Å²) >= 11 is 0. The van der Waals surface area contributed by atoms with E-state index in [9.17, 15) is 53.4 Å². The third-order valence-electron chi connectivity index (χ3n) is 8.27. The highest BCUT2D eigenvalue weighted by Crippen LogP contribution is 2.61. The molecule has 2 saturated heterocycles. The Balaban J connectivity index is 0.000000657. The van der Waals surface area contributed by atoms with E-state index in [1.807, 2.05) is 0 Å². The summed E-state index contributed by atoms with van der Waals surface area (Å²) in [5, 5.41) is 74.1. The fraction of sp³-hybridized carbons (Fsp3) is 0.615. The normalized spacial score (nSPS) is 29.9. The molecule has 58 heavy (non-hydrogen) atoms. The topological polar surface area (TPSA) is 465 Å². The summed E-state index contributed by atoms with van der Waals surface area (Å²) in [6, 6.07) is 0. The second-order valence-corrected chi connectivity index (χ2v) is 16.6. The van der Waals surface area contributed by atoms with E-state index >= 15 is 0 Å². The number of nitrogen functional groups attached to an aromatic ring is 1. The zero-order valence-electron chi connectivity index (χ0n) is 29.5. The average Bonchev–Trinajstić information content (AvgIpc) is 3.81. The van der Waals surface area contributed by atoms with Gasteiger partial charge in [0.15, 0.2) is 23.9 Å². The molecular weight excluding hydrogens is 855 g/mol. The number of carbonyl (C=O) groups excluding carboxylic acids is 1. The van der Waals surface area contributed by atoms with Gasteiger partial charge in [-0.1, -0.05) is 6.08 Å². The number of phosphoric acid groups is 3. The van der Waals surface area contributed by atoms with Gasteiger partial charge in [-0.05, 0) is 6.42 Å². The molecule has 0 spiro atoms. The van der Waals surface area contributed by atoms with Gasteiger partial charge in [0.2, 0.25) is 5.91 Å². The Labute approximate surface area is 325 Å². The van der Waals surface area contributed by atoms with Crippen LogP contribution in [0.4, 0.5) is 5.82 Å². The fourth-order valence-electron chi connectivity index (χ4n) is 5.41. The lowest BCUT2D eigenvalue weighted by Crippen LogP contribution is -2.41. The van der Waals surface area contributed by atoms with Gasteiger partial charge in [-0.2, -0.15) is 4.31 Å². The Bertz CT molecular complexity index is 1930. The number of amides is 1. The van der Waals surface area contributed by atoms with Gasteiger partial charge >= 0.3 is 23.5 Å². The van der Waals surface area contributed by atoms with Crippen LogP contribution < -0.4 is 11.5 Å². The highest BCUT2D eigenvalue weighted by molar-refractivity contribution is 7.61. The molecule has 2 aromatic heterocycles. The van der Waals surface area contributed by atoms with Crippen LogP contribution in [0.1, 0.15) is 12.6 Å². The number of rotatable bonds is 17. The van der Waals surface area contributed by atoms with Gasteiger partial charge in [-0.25, -0.2) is 28.6 Å². The first kappa shape index (κ1) is 47.7. The van der Waals surface area contributed by atoms with Crippen LogP contribution in [0, 0.1) is 0 Å². The highest BCUT2D eigenvalue weighted by atomic mass is 31.3. The van der Waals surface area contributed by atoms with E-state index < -0.39 is 123 Å². The molecule has 0 aromatic carbocycles. The third kappa shape index (κ3) is 12.1. The Hall–Kier alpha value is -2.93. The maximum atomic E-state index is 12.6. The molecule has 5 heterocycles. The summed E-state index contributed by atoms with van der Waals surface area (Å²) in [4.78, 5) is 63.4. The molecule has 328 valence electrons. The molecule has 32 heteroatoms. The van der Waals surface area contributed by atoms with Crippen LogP contribution in [-0.4, -0.2) is 178 Å². The smallest absolute Gasteiger partial charge is 0.394 e. The first-order valence-corrected chi connectivity index (χ1v) is 20.9. The van der Waals surface area contributed by atoms with Crippen molar-refractivity contribution in [2.75, 3.05) is 32.2 Å². The lowest BCUT2D eigenvalue weighted by Gasteiger charge is -2.28. The summed E-state index contributed by atoms with van der Waals surface area (Å²) in [7, 11) is -16.3. The molecule has 0 aliphatic carbocycles. The number of nitrogens with two attached hydrogens (primary N) is 2. The van der Waals surface area contributed by atoms with Gasteiger partial charge in [-0.15, -0.1) is 0 Å². The number of aromatic nitrogens is 4. The van der Waals surface area contributed by atoms with Gasteiger partial charge in [0.05, 0.1) is 32.8 Å². The molecule has 2 fully saturated rings. The number of nitrogens with zero attached hydrogens (tertiary/aromatic N) is 5. The molecular formula is C26H42N7O22P3. The lowest BCUT2D eigenvalue weighted by atomic mass is 10.1. The number of aliphatic hydroxyl groups is 8. The Kier molecular flexibility index (Phi) is 16.2. The number of hydrogen-bond donors (Lipinski definition) is 14. The maximum Gasteiger partial charge on any atom is 0.481 e. The number of ether oxygens (including phenoxy) is 2. The average molecular weight is 898 g/mol. The predicted octanol–water partition coefficient (Wildman–Crippen LogP) is -5.52. The van der Waals surface area contributed by atoms with Gasteiger partial charge in [0.25, 0.3) is 0 Å². The molecule has 13 atom stereocenters. The van der Waals surface area contributed by atoms with Gasteiger partial charge < -0.3 is 86.3 Å². The first-order chi connectivity index (χ1) is 27.0. The van der Waals surface area contributed by atoms with E-state index in [-0.39, 0.29) is 29.0 Å². The van der Waals surface area contributed by atoms with Crippen LogP contribution in [-0.2, 0) is 45.8 Å². The van der Waals surface area contributed by atoms with Crippen molar-refractivity contribution >= 4 is 46.4 Å². The van der Waals surface area contributed by atoms with Crippen LogP contribution in [0.2, 0.25) is 0 Å². The number of anilines is 1. The minimum atomic E-state index is -5.52. The summed E-state index contributed by atoms with van der Waals surface area (Å²) < 4.78 is 67.2. The zero-order valence-corrected chi connectivity index (χ0v) is 32.1. The number of primary amides is 1. The third-order valence-corrected chi connectivity index (χ3v) is 11.4. The summed E-state index contributed by atoms with van der Waals surface area (Å²) in [6.45, 7) is -3.30. The van der Waals surface area contributed by atoms with Gasteiger partial charge in [0.1, 0.15) is 66.8 Å². The lowest BCUT2D eigenvalue weighted by molar-refractivity contribution is -0.115. The van der Waals surface area contributed by atoms with Crippen LogP contribution in [0.25, 0.3) is 11.2 Å². The van der Waals surface area contributed by atoms with Crippen molar-refractivity contribution in [3.8, 4) is 0 Å². The SMILES string of the molecule is NC(=O)C1=CN([C@@H]2O[C@H](COP(=O)(O)OP(=O)(O)OC[C@H]3O[C@@H](n4cnc5c(N)ncnc54)[C@H](OP(=O)(O)O)[C@@H]3O)[C@@H](O)[C@H]2O)C=CC1.OC[C@@H](O)C(O)[C@@H](O)CO. The second-order valence-electron chi connectivity index (χ2n) is 12.4. The second kappa shape index (κ2) is 19.6. The summed E-state index contributed by atoms with van der Waals surface area (Å²) in [5.74, 6) is -0.791. The Morgan fingerprint density at radius 3 is 2.00 bits per heavy atom. The van der Waals surface area contributed by atoms with E-state index in [0.29, 0.717) is 0 Å². The predicted molar refractivity (Wildman–Crippen MR) is 185 cm³/mol. The van der Waals surface area contributed by atoms with Crippen LogP contribution >= 0.6 is 23.5 Å². The van der Waals surface area contributed by atoms with Gasteiger partial charge in [0, 0.05) is 18.0 Å². The summed E-state index contributed by atoms with van der Waals surface area (Å²) in [5.41, 5.74) is 11.3. The number of hydrogen-bond acceptors (Lipinski definition) is 23. The molecule has 3 aliphatic rings. The maximum absolute atomic E-state index is 12.6. The number of fused-ring (bicyclic) bond motifs is 1. The van der Waals surface area contributed by atoms with Crippen molar-refractivity contribution in [1.29, 1.82) is 0 Å². The zero-order chi connectivity index (χ0) is 43.3. The van der Waals surface area contributed by atoms with Crippen molar-refractivity contribution in [1.82, 2.24) is 24.4 Å². The number of allylic oxidation sites excluding steroid dienone is 1. The fourth-order valence-corrected chi connectivity index (χ4v) is 8.04. The molecule has 5 rings (SSSR count). The Morgan fingerprint density at radius 1 is 0.879 bits per heavy atom. The van der Waals surface area contributed by atoms with Crippen molar-refractivity contribution in [2.24, 2.45) is 5.73 Å². The first-order valence-electron chi connectivity index (χ1n) is 16.4. The molecule has 3 unspecified atom stereocenters. The van der Waals surface area contributed by atoms with Crippen molar-refractivity contribution in [3.05, 3.63) is 36.7 Å². The van der Waals surface area contributed by atoms with Crippen molar-refractivity contribution < 1.29 is 106 Å². The Morgan fingerprint density at radius 2 is 1.45 bits per heavy atom. The number of imidazole rings is 1. The largest absolute Gasteiger partial charge is 0.481 e. The monoisotopic (exact) mass is 897 g/mol. The molecule has 0 saturated carbocycles. The number of phosphoric ester groups is 3. The minimum absolute atomic E-state index is 0.00424. The number of aliphatic hydroxyl groups excluding tert-OH is 8. The quantitative estimate of drug-likeness (QED) is 0.0659.